The van der Waals surface area contributed by atoms with Crippen molar-refractivity contribution in [2.75, 3.05) is 33.4 Å². The number of rotatable bonds is 5. The molecule has 1 aliphatic rings. The van der Waals surface area contributed by atoms with Crippen molar-refractivity contribution in [2.24, 2.45) is 5.41 Å². The highest BCUT2D eigenvalue weighted by molar-refractivity contribution is 5.71. The Morgan fingerprint density at radius 1 is 1.44 bits per heavy atom. The van der Waals surface area contributed by atoms with E-state index < -0.39 is 0 Å². The third kappa shape index (κ3) is 4.92. The minimum Gasteiger partial charge on any atom is -0.468 e. The van der Waals surface area contributed by atoms with Gasteiger partial charge in [0.25, 0.3) is 0 Å². The Morgan fingerprint density at radius 2 is 2.06 bits per heavy atom. The van der Waals surface area contributed by atoms with Crippen LogP contribution in [0.4, 0.5) is 0 Å². The zero-order chi connectivity index (χ0) is 12.0. The number of carbonyl (C=O) groups is 1. The number of hydrogen-bond donors (Lipinski definition) is 1. The molecule has 16 heavy (non-hydrogen) atoms. The number of hydrogen-bond acceptors (Lipinski definition) is 5. The van der Waals surface area contributed by atoms with Gasteiger partial charge in [0.1, 0.15) is 0 Å². The molecule has 5 heteroatoms. The van der Waals surface area contributed by atoms with Crippen LogP contribution in [0.5, 0.6) is 0 Å². The molecule has 0 aromatic rings. The highest BCUT2D eigenvalue weighted by atomic mass is 16.7. The van der Waals surface area contributed by atoms with Gasteiger partial charge >= 0.3 is 5.97 Å². The van der Waals surface area contributed by atoms with Gasteiger partial charge in [-0.15, -0.1) is 0 Å². The molecule has 1 heterocycles. The van der Waals surface area contributed by atoms with Crippen LogP contribution < -0.4 is 5.32 Å². The van der Waals surface area contributed by atoms with E-state index in [9.17, 15) is 4.79 Å². The molecule has 0 atom stereocenters. The summed E-state index contributed by atoms with van der Waals surface area (Å²) in [5.41, 5.74) is 0.107. The third-order valence-electron chi connectivity index (χ3n) is 2.37. The van der Waals surface area contributed by atoms with E-state index in [0.717, 1.165) is 6.42 Å². The van der Waals surface area contributed by atoms with Crippen LogP contribution in [0.2, 0.25) is 0 Å². The SMILES string of the molecule is COC(=O)CNCCC1OCC(C)(C)CO1. The summed E-state index contributed by atoms with van der Waals surface area (Å²) in [5.74, 6) is -0.258. The van der Waals surface area contributed by atoms with Crippen molar-refractivity contribution in [3.63, 3.8) is 0 Å². The number of ether oxygens (including phenoxy) is 3. The van der Waals surface area contributed by atoms with Crippen LogP contribution in [-0.4, -0.2) is 45.7 Å². The van der Waals surface area contributed by atoms with Crippen LogP contribution in [0, 0.1) is 5.41 Å². The van der Waals surface area contributed by atoms with Crippen molar-refractivity contribution in [1.29, 1.82) is 0 Å². The summed E-state index contributed by atoms with van der Waals surface area (Å²) in [7, 11) is 1.37. The molecule has 1 N–H and O–H groups in total. The smallest absolute Gasteiger partial charge is 0.319 e. The molecule has 0 unspecified atom stereocenters. The first-order valence-electron chi connectivity index (χ1n) is 5.54. The highest BCUT2D eigenvalue weighted by Crippen LogP contribution is 2.23. The van der Waals surface area contributed by atoms with Gasteiger partial charge in [0, 0.05) is 18.4 Å². The molecular formula is C11H21NO4. The minimum absolute atomic E-state index is 0.107. The van der Waals surface area contributed by atoms with E-state index in [1.807, 2.05) is 0 Å². The Labute approximate surface area is 96.4 Å². The molecule has 0 bridgehead atoms. The summed E-state index contributed by atoms with van der Waals surface area (Å²) < 4.78 is 15.6. The van der Waals surface area contributed by atoms with E-state index in [1.54, 1.807) is 0 Å². The van der Waals surface area contributed by atoms with Gasteiger partial charge in [-0.25, -0.2) is 0 Å². The van der Waals surface area contributed by atoms with E-state index in [4.69, 9.17) is 9.47 Å². The summed E-state index contributed by atoms with van der Waals surface area (Å²) in [6.07, 6.45) is 0.589. The molecule has 1 rings (SSSR count). The molecule has 0 amide bonds. The molecule has 1 saturated heterocycles. The lowest BCUT2D eigenvalue weighted by Gasteiger charge is -2.34. The van der Waals surface area contributed by atoms with Crippen molar-refractivity contribution in [1.82, 2.24) is 5.32 Å². The standard InChI is InChI=1S/C11H21NO4/c1-11(2)7-15-10(16-8-11)4-5-12-6-9(13)14-3/h10,12H,4-8H2,1-3H3. The number of nitrogens with one attached hydrogen (secondary N) is 1. The quantitative estimate of drug-likeness (QED) is 0.553. The monoisotopic (exact) mass is 231 g/mol. The lowest BCUT2D eigenvalue weighted by Crippen LogP contribution is -2.39. The molecule has 0 spiro atoms. The zero-order valence-corrected chi connectivity index (χ0v) is 10.2. The second-order valence-corrected chi connectivity index (χ2v) is 4.76. The molecule has 94 valence electrons. The first-order valence-corrected chi connectivity index (χ1v) is 5.54. The van der Waals surface area contributed by atoms with Gasteiger partial charge in [-0.1, -0.05) is 13.8 Å². The predicted molar refractivity (Wildman–Crippen MR) is 59.0 cm³/mol. The number of carbonyl (C=O) groups excluding carboxylic acids is 1. The van der Waals surface area contributed by atoms with Crippen LogP contribution in [-0.2, 0) is 19.0 Å². The fourth-order valence-electron chi connectivity index (χ4n) is 1.38. The van der Waals surface area contributed by atoms with Gasteiger partial charge in [0.15, 0.2) is 6.29 Å². The highest BCUT2D eigenvalue weighted by Gasteiger charge is 2.27. The molecule has 0 radical (unpaired) electrons. The normalized spacial score (nSPS) is 20.7. The summed E-state index contributed by atoms with van der Waals surface area (Å²) in [5, 5.41) is 2.97. The number of esters is 1. The third-order valence-corrected chi connectivity index (χ3v) is 2.37. The van der Waals surface area contributed by atoms with Crippen LogP contribution in [0.1, 0.15) is 20.3 Å². The Hall–Kier alpha value is -0.650. The van der Waals surface area contributed by atoms with Gasteiger partial charge in [-0.3, -0.25) is 4.79 Å². The first-order chi connectivity index (χ1) is 7.53. The van der Waals surface area contributed by atoms with Crippen molar-refractivity contribution in [3.8, 4) is 0 Å². The minimum atomic E-state index is -0.258. The van der Waals surface area contributed by atoms with Crippen LogP contribution in [0.3, 0.4) is 0 Å². The lowest BCUT2D eigenvalue weighted by molar-refractivity contribution is -0.223. The van der Waals surface area contributed by atoms with E-state index in [1.165, 1.54) is 7.11 Å². The Kier molecular flexibility index (Phi) is 5.18. The van der Waals surface area contributed by atoms with Gasteiger partial charge < -0.3 is 19.5 Å². The van der Waals surface area contributed by atoms with Gasteiger partial charge in [-0.05, 0) is 0 Å². The lowest BCUT2D eigenvalue weighted by atomic mass is 9.95. The second kappa shape index (κ2) is 6.18. The topological polar surface area (TPSA) is 56.8 Å². The van der Waals surface area contributed by atoms with Crippen LogP contribution in [0.15, 0.2) is 0 Å². The van der Waals surface area contributed by atoms with Crippen molar-refractivity contribution >= 4 is 5.97 Å². The molecule has 1 aliphatic heterocycles. The molecule has 1 fully saturated rings. The Morgan fingerprint density at radius 3 is 2.62 bits per heavy atom. The van der Waals surface area contributed by atoms with Crippen molar-refractivity contribution in [3.05, 3.63) is 0 Å². The summed E-state index contributed by atoms with van der Waals surface area (Å²) in [6, 6.07) is 0. The van der Waals surface area contributed by atoms with Gasteiger partial charge in [0.2, 0.25) is 0 Å². The molecule has 5 nitrogen and oxygen atoms in total. The molecule has 0 aromatic heterocycles. The maximum atomic E-state index is 10.8. The van der Waals surface area contributed by atoms with E-state index in [-0.39, 0.29) is 24.2 Å². The van der Waals surface area contributed by atoms with E-state index >= 15 is 0 Å². The maximum Gasteiger partial charge on any atom is 0.319 e. The summed E-state index contributed by atoms with van der Waals surface area (Å²) >= 11 is 0. The Bertz CT molecular complexity index is 220. The molecule has 0 aliphatic carbocycles. The van der Waals surface area contributed by atoms with Crippen molar-refractivity contribution < 1.29 is 19.0 Å². The maximum absolute atomic E-state index is 10.8. The van der Waals surface area contributed by atoms with Crippen molar-refractivity contribution in [2.45, 2.75) is 26.6 Å². The summed E-state index contributed by atoms with van der Waals surface area (Å²) in [6.45, 7) is 6.57. The molecule has 0 saturated carbocycles. The molecule has 0 aromatic carbocycles. The number of methoxy groups -OCH3 is 1. The molecular weight excluding hydrogens is 210 g/mol. The predicted octanol–water partition coefficient (Wildman–Crippen LogP) is 0.538. The zero-order valence-electron chi connectivity index (χ0n) is 10.2. The van der Waals surface area contributed by atoms with Gasteiger partial charge in [-0.2, -0.15) is 0 Å². The fourth-order valence-corrected chi connectivity index (χ4v) is 1.38. The average molecular weight is 231 g/mol. The van der Waals surface area contributed by atoms with E-state index in [0.29, 0.717) is 19.8 Å². The summed E-state index contributed by atoms with van der Waals surface area (Å²) in [4.78, 5) is 10.8. The fraction of sp³-hybridized carbons (Fsp3) is 0.909. The van der Waals surface area contributed by atoms with Crippen LogP contribution in [0.25, 0.3) is 0 Å². The largest absolute Gasteiger partial charge is 0.468 e. The van der Waals surface area contributed by atoms with E-state index in [2.05, 4.69) is 23.9 Å². The van der Waals surface area contributed by atoms with Crippen LogP contribution >= 0.6 is 0 Å². The Balaban J connectivity index is 2.04. The van der Waals surface area contributed by atoms with Gasteiger partial charge in [0.05, 0.1) is 26.9 Å². The first kappa shape index (κ1) is 13.4. The second-order valence-electron chi connectivity index (χ2n) is 4.76. The average Bonchev–Trinajstić information content (AvgIpc) is 2.26.